The van der Waals surface area contributed by atoms with E-state index in [1.807, 2.05) is 6.07 Å². The average Bonchev–Trinajstić information content (AvgIpc) is 2.90. The summed E-state index contributed by atoms with van der Waals surface area (Å²) in [6, 6.07) is 11.2. The summed E-state index contributed by atoms with van der Waals surface area (Å²) >= 11 is 5.11. The number of aromatic nitrogens is 3. The fourth-order valence-electron chi connectivity index (χ4n) is 2.13. The lowest BCUT2D eigenvalue weighted by Crippen LogP contribution is -2.15. The first-order valence-corrected chi connectivity index (χ1v) is 7.03. The third kappa shape index (κ3) is 3.14. The number of nitrogens with zero attached hydrogens (tertiary/aromatic N) is 3. The number of hydrogen-bond donors (Lipinski definition) is 1. The first-order chi connectivity index (χ1) is 10.8. The molecule has 1 aromatic carbocycles. The summed E-state index contributed by atoms with van der Waals surface area (Å²) in [5.41, 5.74) is 0.470. The molecular formula is C15H11ClF2N4O. The van der Waals surface area contributed by atoms with Gasteiger partial charge in [-0.3, -0.25) is 4.79 Å². The molecule has 3 aromatic rings. The van der Waals surface area contributed by atoms with Gasteiger partial charge in [-0.1, -0.05) is 18.2 Å². The van der Waals surface area contributed by atoms with E-state index in [1.165, 1.54) is 6.07 Å². The minimum Gasteiger partial charge on any atom is -0.321 e. The minimum absolute atomic E-state index is 0.0332. The molecule has 0 aliphatic heterocycles. The Balaban J connectivity index is 2.01. The molecule has 23 heavy (non-hydrogen) atoms. The quantitative estimate of drug-likeness (QED) is 0.744. The molecule has 0 aliphatic rings. The van der Waals surface area contributed by atoms with Gasteiger partial charge in [-0.2, -0.15) is 13.9 Å². The van der Waals surface area contributed by atoms with Crippen LogP contribution in [-0.4, -0.2) is 20.5 Å². The van der Waals surface area contributed by atoms with E-state index in [1.54, 1.807) is 31.2 Å². The van der Waals surface area contributed by atoms with Gasteiger partial charge in [0.1, 0.15) is 5.69 Å². The molecule has 1 amide bonds. The summed E-state index contributed by atoms with van der Waals surface area (Å²) in [5, 5.41) is 2.90. The molecule has 8 heteroatoms. The van der Waals surface area contributed by atoms with Gasteiger partial charge in [-0.05, 0) is 36.7 Å². The lowest BCUT2D eigenvalue weighted by molar-refractivity contribution is 0.0868. The zero-order valence-electron chi connectivity index (χ0n) is 11.9. The molecule has 5 nitrogen and oxygen atoms in total. The molecule has 0 unspecified atom stereocenters. The maximum Gasteiger partial charge on any atom is 0.364 e. The van der Waals surface area contributed by atoms with Crippen LogP contribution in [0.3, 0.4) is 0 Å². The van der Waals surface area contributed by atoms with Crippen molar-refractivity contribution in [1.82, 2.24) is 14.6 Å². The minimum atomic E-state index is -3.62. The molecule has 0 radical (unpaired) electrons. The van der Waals surface area contributed by atoms with E-state index in [0.29, 0.717) is 11.4 Å². The number of nitrogens with one attached hydrogen (secondary N) is 1. The van der Waals surface area contributed by atoms with Gasteiger partial charge in [-0.25, -0.2) is 9.50 Å². The van der Waals surface area contributed by atoms with Gasteiger partial charge < -0.3 is 5.32 Å². The van der Waals surface area contributed by atoms with Crippen molar-refractivity contribution in [3.63, 3.8) is 0 Å². The molecule has 0 saturated carbocycles. The van der Waals surface area contributed by atoms with Crippen molar-refractivity contribution in [3.05, 3.63) is 59.5 Å². The topological polar surface area (TPSA) is 59.3 Å². The lowest BCUT2D eigenvalue weighted by atomic mass is 10.3. The third-order valence-electron chi connectivity index (χ3n) is 3.11. The Morgan fingerprint density at radius 2 is 1.96 bits per heavy atom. The molecule has 2 heterocycles. The largest absolute Gasteiger partial charge is 0.364 e. The van der Waals surface area contributed by atoms with Gasteiger partial charge in [0.05, 0.1) is 0 Å². The summed E-state index contributed by atoms with van der Waals surface area (Å²) in [7, 11) is 0. The summed E-state index contributed by atoms with van der Waals surface area (Å²) in [6.07, 6.45) is 0. The molecule has 0 saturated heterocycles. The van der Waals surface area contributed by atoms with Crippen LogP contribution in [0.15, 0.2) is 42.5 Å². The molecule has 118 valence electrons. The predicted octanol–water partition coefficient (Wildman–Crippen LogP) is 3.58. The van der Waals surface area contributed by atoms with Crippen LogP contribution < -0.4 is 5.32 Å². The average molecular weight is 337 g/mol. The predicted molar refractivity (Wildman–Crippen MR) is 81.9 cm³/mol. The second kappa shape index (κ2) is 5.58. The van der Waals surface area contributed by atoms with E-state index in [2.05, 4.69) is 15.4 Å². The number of amides is 1. The van der Waals surface area contributed by atoms with Gasteiger partial charge in [-0.15, -0.1) is 0 Å². The van der Waals surface area contributed by atoms with Gasteiger partial charge in [0.15, 0.2) is 11.3 Å². The van der Waals surface area contributed by atoms with Crippen molar-refractivity contribution in [2.24, 2.45) is 0 Å². The maximum atomic E-state index is 13.5. The zero-order valence-corrected chi connectivity index (χ0v) is 12.7. The first-order valence-electron chi connectivity index (χ1n) is 6.65. The number of anilines is 1. The van der Waals surface area contributed by atoms with E-state index in [9.17, 15) is 13.6 Å². The van der Waals surface area contributed by atoms with Crippen LogP contribution >= 0.6 is 11.6 Å². The second-order valence-electron chi connectivity index (χ2n) is 4.90. The highest BCUT2D eigenvalue weighted by Gasteiger charge is 2.32. The monoisotopic (exact) mass is 336 g/mol. The fourth-order valence-corrected chi connectivity index (χ4v) is 2.26. The van der Waals surface area contributed by atoms with Crippen molar-refractivity contribution in [2.45, 2.75) is 12.3 Å². The number of hydrogen-bond acceptors (Lipinski definition) is 3. The lowest BCUT2D eigenvalue weighted by Gasteiger charge is -2.10. The van der Waals surface area contributed by atoms with Crippen LogP contribution in [0, 0.1) is 6.92 Å². The third-order valence-corrected chi connectivity index (χ3v) is 3.30. The Kier molecular flexibility index (Phi) is 3.73. The van der Waals surface area contributed by atoms with Crippen LogP contribution in [0.1, 0.15) is 21.9 Å². The number of aryl methyl sites for hydroxylation is 1. The van der Waals surface area contributed by atoms with Crippen LogP contribution in [0.2, 0.25) is 0 Å². The molecule has 0 bridgehead atoms. The number of para-hydroxylation sites is 1. The van der Waals surface area contributed by atoms with Crippen LogP contribution in [-0.2, 0) is 5.38 Å². The maximum absolute atomic E-state index is 13.5. The Hall–Kier alpha value is -2.54. The molecule has 2 aromatic heterocycles. The number of fused-ring (bicyclic) bond motifs is 1. The van der Waals surface area contributed by atoms with Gasteiger partial charge >= 0.3 is 5.38 Å². The number of alkyl halides is 3. The Bertz CT molecular complexity index is 874. The molecule has 0 fully saturated rings. The number of rotatable bonds is 3. The van der Waals surface area contributed by atoms with Crippen LogP contribution in [0.4, 0.5) is 14.5 Å². The standard InChI is InChI=1S/C15H11ClF2N4O/c1-9-7-12(15(16,17)18)22-13(19-9)8-11(21-22)14(23)20-10-5-3-2-4-6-10/h2-8H,1H3,(H,20,23). The van der Waals surface area contributed by atoms with E-state index >= 15 is 0 Å². The summed E-state index contributed by atoms with van der Waals surface area (Å²) in [5.74, 6) is -0.525. The molecule has 0 spiro atoms. The highest BCUT2D eigenvalue weighted by Crippen LogP contribution is 2.32. The van der Waals surface area contributed by atoms with Crippen molar-refractivity contribution in [2.75, 3.05) is 5.32 Å². The number of carbonyl (C=O) groups excluding carboxylic acids is 1. The van der Waals surface area contributed by atoms with Gasteiger partial charge in [0.2, 0.25) is 0 Å². The normalized spacial score (nSPS) is 11.7. The zero-order chi connectivity index (χ0) is 16.6. The molecule has 3 rings (SSSR count). The Morgan fingerprint density at radius 3 is 2.61 bits per heavy atom. The van der Waals surface area contributed by atoms with Crippen molar-refractivity contribution >= 4 is 28.8 Å². The van der Waals surface area contributed by atoms with Crippen molar-refractivity contribution in [1.29, 1.82) is 0 Å². The molecule has 1 N–H and O–H groups in total. The van der Waals surface area contributed by atoms with Gasteiger partial charge in [0.25, 0.3) is 5.91 Å². The second-order valence-corrected chi connectivity index (χ2v) is 5.37. The van der Waals surface area contributed by atoms with E-state index in [0.717, 1.165) is 10.6 Å². The Labute approximate surface area is 134 Å². The first kappa shape index (κ1) is 15.4. The number of halogens is 3. The fraction of sp³-hybridized carbons (Fsp3) is 0.133. The number of benzene rings is 1. The van der Waals surface area contributed by atoms with Gasteiger partial charge in [0, 0.05) is 17.4 Å². The Morgan fingerprint density at radius 1 is 1.26 bits per heavy atom. The van der Waals surface area contributed by atoms with Crippen LogP contribution in [0.25, 0.3) is 5.65 Å². The highest BCUT2D eigenvalue weighted by atomic mass is 35.5. The SMILES string of the molecule is Cc1cc(C(F)(F)Cl)n2nc(C(=O)Nc3ccccc3)cc2n1. The summed E-state index contributed by atoms with van der Waals surface area (Å²) in [6.45, 7) is 1.56. The summed E-state index contributed by atoms with van der Waals surface area (Å²) in [4.78, 5) is 16.3. The summed E-state index contributed by atoms with van der Waals surface area (Å²) < 4.78 is 27.9. The van der Waals surface area contributed by atoms with Crippen molar-refractivity contribution < 1.29 is 13.6 Å². The smallest absolute Gasteiger partial charge is 0.321 e. The molecular weight excluding hydrogens is 326 g/mol. The van der Waals surface area contributed by atoms with E-state index < -0.39 is 17.0 Å². The number of carbonyl (C=O) groups is 1. The molecule has 0 aliphatic carbocycles. The van der Waals surface area contributed by atoms with Crippen molar-refractivity contribution in [3.8, 4) is 0 Å². The highest BCUT2D eigenvalue weighted by molar-refractivity contribution is 6.21. The molecule has 0 atom stereocenters. The van der Waals surface area contributed by atoms with E-state index in [-0.39, 0.29) is 11.3 Å². The van der Waals surface area contributed by atoms with E-state index in [4.69, 9.17) is 11.6 Å². The van der Waals surface area contributed by atoms with Crippen LogP contribution in [0.5, 0.6) is 0 Å².